The first-order valence-corrected chi connectivity index (χ1v) is 4.87. The predicted molar refractivity (Wildman–Crippen MR) is 54.6 cm³/mol. The molecule has 1 rings (SSSR count). The molecule has 10 heteroatoms. The van der Waals surface area contributed by atoms with Gasteiger partial charge in [0, 0.05) is 6.07 Å². The monoisotopic (exact) mass is 349 g/mol. The van der Waals surface area contributed by atoms with Crippen molar-refractivity contribution in [3.63, 3.8) is 0 Å². The van der Waals surface area contributed by atoms with E-state index in [1.807, 2.05) is 0 Å². The Hall–Kier alpha value is -0.685. The number of hydrogen-bond acceptors (Lipinski definition) is 2. The van der Waals surface area contributed by atoms with Crippen LogP contribution in [0.4, 0.5) is 23.0 Å². The summed E-state index contributed by atoms with van der Waals surface area (Å²) >= 11 is 6.27. The fourth-order valence-corrected chi connectivity index (χ4v) is 1.43. The molecule has 0 saturated heterocycles. The summed E-state index contributed by atoms with van der Waals surface area (Å²) in [5, 5.41) is 8.35. The van der Waals surface area contributed by atoms with E-state index in [0.29, 0.717) is 14.9 Å². The molecule has 0 aliphatic heterocycles. The van der Waals surface area contributed by atoms with E-state index in [0.717, 1.165) is 0 Å². The number of hydrogen-bond donors (Lipinski definition) is 0. The quantitative estimate of drug-likeness (QED) is 0.301. The van der Waals surface area contributed by atoms with E-state index in [4.69, 9.17) is 5.39 Å². The van der Waals surface area contributed by atoms with E-state index in [9.17, 15) is 17.3 Å². The Labute approximate surface area is 98.9 Å². The van der Waals surface area contributed by atoms with Gasteiger partial charge in [0.05, 0.1) is 0 Å². The second-order valence-corrected chi connectivity index (χ2v) is 3.60. The highest BCUT2D eigenvalue weighted by molar-refractivity contribution is 9.11. The molecule has 0 aromatic carbocycles. The van der Waals surface area contributed by atoms with E-state index >= 15 is 0 Å². The summed E-state index contributed by atoms with van der Waals surface area (Å²) < 4.78 is 40.2. The van der Waals surface area contributed by atoms with Gasteiger partial charge in [-0.05, 0) is 37.9 Å². The average molecular weight is 351 g/mol. The molecular formula is C5H2BBr2F4N3. The Bertz CT molecular complexity index is 372. The van der Waals surface area contributed by atoms with Gasteiger partial charge in [0.2, 0.25) is 10.00 Å². The molecule has 0 radical (unpaired) electrons. The maximum Gasteiger partial charge on any atom is 0.673 e. The molecule has 82 valence electrons. The van der Waals surface area contributed by atoms with E-state index in [1.54, 1.807) is 12.1 Å². The zero-order valence-electron chi connectivity index (χ0n) is 6.84. The van der Waals surface area contributed by atoms with Crippen LogP contribution in [0, 0.1) is 5.39 Å². The van der Waals surface area contributed by atoms with Crippen molar-refractivity contribution in [3.05, 3.63) is 26.3 Å². The van der Waals surface area contributed by atoms with Gasteiger partial charge in [-0.3, -0.25) is 0 Å². The van der Waals surface area contributed by atoms with Gasteiger partial charge in [-0.15, -0.1) is 0 Å². The SMILES string of the molecule is F[B-](F)(F)F.N#[N+]c1ccc(Br)nc1Br. The predicted octanol–water partition coefficient (Wildman–Crippen LogP) is 4.39. The van der Waals surface area contributed by atoms with Crippen LogP contribution in [0.1, 0.15) is 0 Å². The summed E-state index contributed by atoms with van der Waals surface area (Å²) in [5.74, 6) is 0. The van der Waals surface area contributed by atoms with Crippen molar-refractivity contribution in [1.82, 2.24) is 4.98 Å². The van der Waals surface area contributed by atoms with E-state index in [1.165, 1.54) is 0 Å². The summed E-state index contributed by atoms with van der Waals surface area (Å²) in [6.45, 7) is 0. The van der Waals surface area contributed by atoms with Crippen molar-refractivity contribution in [2.24, 2.45) is 0 Å². The van der Waals surface area contributed by atoms with Crippen molar-refractivity contribution in [2.45, 2.75) is 0 Å². The Morgan fingerprint density at radius 3 is 2.00 bits per heavy atom. The number of pyridine rings is 1. The molecule has 1 aromatic heterocycles. The number of halogens is 6. The van der Waals surface area contributed by atoms with Gasteiger partial charge in [-0.2, -0.15) is 0 Å². The van der Waals surface area contributed by atoms with E-state index in [-0.39, 0.29) is 0 Å². The summed E-state index contributed by atoms with van der Waals surface area (Å²) in [5.41, 5.74) is 0.420. The third-order valence-electron chi connectivity index (χ3n) is 0.903. The number of aromatic nitrogens is 1. The summed E-state index contributed by atoms with van der Waals surface area (Å²) in [7, 11) is -6.00. The van der Waals surface area contributed by atoms with Gasteiger partial charge in [0.1, 0.15) is 4.60 Å². The lowest BCUT2D eigenvalue weighted by molar-refractivity contribution is 0.368. The van der Waals surface area contributed by atoms with Gasteiger partial charge in [-0.25, -0.2) is 4.98 Å². The van der Waals surface area contributed by atoms with Crippen molar-refractivity contribution in [1.29, 1.82) is 5.39 Å². The van der Waals surface area contributed by atoms with Gasteiger partial charge in [0.15, 0.2) is 4.98 Å². The molecule has 15 heavy (non-hydrogen) atoms. The van der Waals surface area contributed by atoms with Gasteiger partial charge in [-0.1, -0.05) is 0 Å². The molecule has 0 amide bonds. The smallest absolute Gasteiger partial charge is 0.418 e. The number of rotatable bonds is 0. The lowest BCUT2D eigenvalue weighted by atomic mass is 10.3. The molecule has 0 atom stereocenters. The third kappa shape index (κ3) is 8.32. The zero-order chi connectivity index (χ0) is 12.1. The molecule has 3 nitrogen and oxygen atoms in total. The second-order valence-electron chi connectivity index (χ2n) is 2.04. The highest BCUT2D eigenvalue weighted by Crippen LogP contribution is 2.24. The van der Waals surface area contributed by atoms with Crippen LogP contribution < -0.4 is 0 Å². The molecule has 0 aliphatic carbocycles. The van der Waals surface area contributed by atoms with Crippen LogP contribution >= 0.6 is 31.9 Å². The second kappa shape index (κ2) is 6.02. The highest BCUT2D eigenvalue weighted by atomic mass is 79.9. The summed E-state index contributed by atoms with van der Waals surface area (Å²) in [6, 6.07) is 3.33. The first-order chi connectivity index (χ1) is 6.74. The minimum Gasteiger partial charge on any atom is -0.418 e. The average Bonchev–Trinajstić information content (AvgIpc) is 2.01. The Morgan fingerprint density at radius 2 is 1.67 bits per heavy atom. The molecule has 1 heterocycles. The third-order valence-corrected chi connectivity index (χ3v) is 1.93. The van der Waals surface area contributed by atoms with Crippen molar-refractivity contribution in [2.75, 3.05) is 0 Å². The normalized spacial score (nSPS) is 9.93. The lowest BCUT2D eigenvalue weighted by Crippen LogP contribution is -2.02. The molecule has 0 bridgehead atoms. The van der Waals surface area contributed by atoms with Crippen LogP contribution in [0.5, 0.6) is 0 Å². The Kier molecular flexibility index (Phi) is 5.75. The fourth-order valence-electron chi connectivity index (χ4n) is 0.479. The molecule has 0 fully saturated rings. The number of nitrogens with zero attached hydrogens (tertiary/aromatic N) is 3. The molecule has 0 spiro atoms. The first kappa shape index (κ1) is 14.3. The van der Waals surface area contributed by atoms with Crippen LogP contribution in [0.25, 0.3) is 4.98 Å². The Balaban J connectivity index is 0.000000336. The fraction of sp³-hybridized carbons (Fsp3) is 0. The Morgan fingerprint density at radius 1 is 1.20 bits per heavy atom. The van der Waals surface area contributed by atoms with Crippen molar-refractivity contribution in [3.8, 4) is 0 Å². The maximum atomic E-state index is 9.75. The molecule has 0 saturated carbocycles. The van der Waals surface area contributed by atoms with Crippen molar-refractivity contribution < 1.29 is 17.3 Å². The van der Waals surface area contributed by atoms with Crippen LogP contribution in [0.3, 0.4) is 0 Å². The molecular weight excluding hydrogens is 349 g/mol. The maximum absolute atomic E-state index is 9.75. The molecule has 1 aromatic rings. The standard InChI is InChI=1S/C5H2Br2N3.BF4/c6-4-2-1-3(10-8)5(7)9-4;2-1(3,4)5/h1-2H;/q+1;-1. The zero-order valence-corrected chi connectivity index (χ0v) is 10.0. The molecule has 0 unspecified atom stereocenters. The summed E-state index contributed by atoms with van der Waals surface area (Å²) in [6.07, 6.45) is 0. The first-order valence-electron chi connectivity index (χ1n) is 3.28. The van der Waals surface area contributed by atoms with Gasteiger partial charge >= 0.3 is 12.9 Å². The highest BCUT2D eigenvalue weighted by Gasteiger charge is 2.20. The number of diazo groups is 1. The van der Waals surface area contributed by atoms with Crippen LogP contribution in [0.2, 0.25) is 0 Å². The molecule has 0 N–H and O–H groups in total. The topological polar surface area (TPSA) is 41.0 Å². The van der Waals surface area contributed by atoms with E-state index in [2.05, 4.69) is 41.8 Å². The molecule has 0 aliphatic rings. The van der Waals surface area contributed by atoms with Crippen LogP contribution in [-0.4, -0.2) is 12.2 Å². The van der Waals surface area contributed by atoms with E-state index < -0.39 is 7.25 Å². The largest absolute Gasteiger partial charge is 0.673 e. The van der Waals surface area contributed by atoms with Crippen LogP contribution in [0.15, 0.2) is 21.3 Å². The summed E-state index contributed by atoms with van der Waals surface area (Å²) in [4.78, 5) is 6.90. The minimum atomic E-state index is -6.00. The van der Waals surface area contributed by atoms with Gasteiger partial charge < -0.3 is 17.3 Å². The van der Waals surface area contributed by atoms with Gasteiger partial charge in [0.25, 0.3) is 0 Å². The van der Waals surface area contributed by atoms with Crippen LogP contribution in [-0.2, 0) is 0 Å². The minimum absolute atomic E-state index is 0.420. The van der Waals surface area contributed by atoms with Crippen molar-refractivity contribution >= 4 is 44.8 Å². The lowest BCUT2D eigenvalue weighted by Gasteiger charge is -1.94.